The van der Waals surface area contributed by atoms with E-state index >= 15 is 0 Å². The molecule has 100 valence electrons. The number of amides is 1. The molecule has 0 saturated carbocycles. The zero-order valence-electron chi connectivity index (χ0n) is 11.3. The van der Waals surface area contributed by atoms with Crippen LogP contribution in [0.1, 0.15) is 12.5 Å². The van der Waals surface area contributed by atoms with Crippen molar-refractivity contribution in [1.82, 2.24) is 4.90 Å². The molecule has 1 aromatic rings. The zero-order chi connectivity index (χ0) is 13.7. The molecule has 5 nitrogen and oxygen atoms in total. The van der Waals surface area contributed by atoms with Crippen LogP contribution in [0.4, 0.5) is 0 Å². The molecule has 1 amide bonds. The van der Waals surface area contributed by atoms with Crippen molar-refractivity contribution in [3.63, 3.8) is 0 Å². The number of carbonyl (C=O) groups is 1. The molecule has 0 bridgehead atoms. The number of nitrogens with zero attached hydrogens (tertiary/aromatic N) is 1. The maximum atomic E-state index is 11.7. The van der Waals surface area contributed by atoms with Crippen molar-refractivity contribution < 1.29 is 14.3 Å². The fourth-order valence-corrected chi connectivity index (χ4v) is 1.55. The molecular formula is C13H20N2O3. The summed E-state index contributed by atoms with van der Waals surface area (Å²) in [6.45, 7) is 2.10. The van der Waals surface area contributed by atoms with Crippen LogP contribution < -0.4 is 15.2 Å². The molecule has 0 saturated heterocycles. The SMILES string of the molecule is COc1cc(CN)cc(OC(C)C(=O)N(C)C)c1. The Morgan fingerprint density at radius 3 is 2.44 bits per heavy atom. The predicted molar refractivity (Wildman–Crippen MR) is 69.7 cm³/mol. The molecule has 0 heterocycles. The average Bonchev–Trinajstić information content (AvgIpc) is 2.36. The van der Waals surface area contributed by atoms with Gasteiger partial charge in [0.05, 0.1) is 7.11 Å². The van der Waals surface area contributed by atoms with Crippen LogP contribution in [0, 0.1) is 0 Å². The molecule has 5 heteroatoms. The Labute approximate surface area is 107 Å². The Morgan fingerprint density at radius 2 is 1.94 bits per heavy atom. The number of benzene rings is 1. The van der Waals surface area contributed by atoms with Crippen molar-refractivity contribution in [2.75, 3.05) is 21.2 Å². The van der Waals surface area contributed by atoms with Gasteiger partial charge in [-0.1, -0.05) is 0 Å². The normalized spacial score (nSPS) is 11.8. The summed E-state index contributed by atoms with van der Waals surface area (Å²) in [5.74, 6) is 1.15. The first kappa shape index (κ1) is 14.3. The number of nitrogens with two attached hydrogens (primary N) is 1. The number of ether oxygens (including phenoxy) is 2. The fourth-order valence-electron chi connectivity index (χ4n) is 1.55. The number of carbonyl (C=O) groups excluding carboxylic acids is 1. The first-order chi connectivity index (χ1) is 8.47. The van der Waals surface area contributed by atoms with Gasteiger partial charge in [-0.15, -0.1) is 0 Å². The number of methoxy groups -OCH3 is 1. The van der Waals surface area contributed by atoms with Gasteiger partial charge in [0.2, 0.25) is 0 Å². The maximum Gasteiger partial charge on any atom is 0.262 e. The van der Waals surface area contributed by atoms with E-state index in [4.69, 9.17) is 15.2 Å². The first-order valence-electron chi connectivity index (χ1n) is 5.73. The second-order valence-electron chi connectivity index (χ2n) is 4.21. The summed E-state index contributed by atoms with van der Waals surface area (Å²) >= 11 is 0. The first-order valence-corrected chi connectivity index (χ1v) is 5.73. The Bertz CT molecular complexity index is 396. The molecule has 1 rings (SSSR count). The number of likely N-dealkylation sites (N-methyl/N-ethyl adjacent to an activating group) is 1. The molecule has 0 fully saturated rings. The molecule has 0 aliphatic rings. The fraction of sp³-hybridized carbons (Fsp3) is 0.462. The van der Waals surface area contributed by atoms with E-state index in [1.807, 2.05) is 12.1 Å². The third-order valence-corrected chi connectivity index (χ3v) is 2.51. The van der Waals surface area contributed by atoms with E-state index in [2.05, 4.69) is 0 Å². The molecule has 0 spiro atoms. The largest absolute Gasteiger partial charge is 0.497 e. The Hall–Kier alpha value is -1.75. The van der Waals surface area contributed by atoms with Crippen LogP contribution in [0.15, 0.2) is 18.2 Å². The van der Waals surface area contributed by atoms with Crippen LogP contribution in [0.3, 0.4) is 0 Å². The lowest BCUT2D eigenvalue weighted by Gasteiger charge is -2.19. The van der Waals surface area contributed by atoms with E-state index in [-0.39, 0.29) is 5.91 Å². The molecular weight excluding hydrogens is 232 g/mol. The lowest BCUT2D eigenvalue weighted by molar-refractivity contribution is -0.135. The monoisotopic (exact) mass is 252 g/mol. The van der Waals surface area contributed by atoms with Crippen molar-refractivity contribution in [2.24, 2.45) is 5.73 Å². The van der Waals surface area contributed by atoms with Gasteiger partial charge >= 0.3 is 0 Å². The van der Waals surface area contributed by atoms with Gasteiger partial charge in [0.15, 0.2) is 6.10 Å². The standard InChI is InChI=1S/C13H20N2O3/c1-9(13(16)15(2)3)18-12-6-10(8-14)5-11(7-12)17-4/h5-7,9H,8,14H2,1-4H3. The smallest absolute Gasteiger partial charge is 0.262 e. The van der Waals surface area contributed by atoms with Crippen molar-refractivity contribution in [1.29, 1.82) is 0 Å². The van der Waals surface area contributed by atoms with Crippen LogP contribution >= 0.6 is 0 Å². The Kier molecular flexibility index (Phi) is 4.97. The summed E-state index contributed by atoms with van der Waals surface area (Å²) in [7, 11) is 4.96. The van der Waals surface area contributed by atoms with Crippen molar-refractivity contribution >= 4 is 5.91 Å². The lowest BCUT2D eigenvalue weighted by atomic mass is 10.2. The highest BCUT2D eigenvalue weighted by molar-refractivity contribution is 5.80. The summed E-state index contributed by atoms with van der Waals surface area (Å²) < 4.78 is 10.8. The zero-order valence-corrected chi connectivity index (χ0v) is 11.3. The number of hydrogen-bond donors (Lipinski definition) is 1. The van der Waals surface area contributed by atoms with Gasteiger partial charge < -0.3 is 20.1 Å². The molecule has 2 N–H and O–H groups in total. The minimum atomic E-state index is -0.544. The minimum absolute atomic E-state index is 0.0906. The Balaban J connectivity index is 2.86. The third-order valence-electron chi connectivity index (χ3n) is 2.51. The molecule has 1 atom stereocenters. The van der Waals surface area contributed by atoms with Crippen LogP contribution in [-0.2, 0) is 11.3 Å². The van der Waals surface area contributed by atoms with E-state index in [0.717, 1.165) is 5.56 Å². The van der Waals surface area contributed by atoms with Gasteiger partial charge in [-0.25, -0.2) is 0 Å². The minimum Gasteiger partial charge on any atom is -0.497 e. The van der Waals surface area contributed by atoms with Crippen molar-refractivity contribution in [3.05, 3.63) is 23.8 Å². The average molecular weight is 252 g/mol. The summed E-state index contributed by atoms with van der Waals surface area (Å²) in [5, 5.41) is 0. The predicted octanol–water partition coefficient (Wildman–Crippen LogP) is 1.01. The molecule has 0 aliphatic carbocycles. The van der Waals surface area contributed by atoms with Crippen molar-refractivity contribution in [2.45, 2.75) is 19.6 Å². The van der Waals surface area contributed by atoms with Gasteiger partial charge in [-0.2, -0.15) is 0 Å². The molecule has 0 radical (unpaired) electrons. The van der Waals surface area contributed by atoms with Crippen LogP contribution in [0.2, 0.25) is 0 Å². The maximum absolute atomic E-state index is 11.7. The summed E-state index contributed by atoms with van der Waals surface area (Å²) in [4.78, 5) is 13.2. The number of hydrogen-bond acceptors (Lipinski definition) is 4. The van der Waals surface area contributed by atoms with Gasteiger partial charge in [0, 0.05) is 26.7 Å². The third kappa shape index (κ3) is 3.63. The van der Waals surface area contributed by atoms with Gasteiger partial charge in [0.1, 0.15) is 11.5 Å². The topological polar surface area (TPSA) is 64.8 Å². The van der Waals surface area contributed by atoms with Crippen molar-refractivity contribution in [3.8, 4) is 11.5 Å². The molecule has 1 aromatic carbocycles. The molecule has 18 heavy (non-hydrogen) atoms. The van der Waals surface area contributed by atoms with E-state index < -0.39 is 6.10 Å². The molecule has 1 unspecified atom stereocenters. The quantitative estimate of drug-likeness (QED) is 0.849. The van der Waals surface area contributed by atoms with Gasteiger partial charge in [-0.05, 0) is 24.6 Å². The van der Waals surface area contributed by atoms with E-state index in [1.54, 1.807) is 34.2 Å². The highest BCUT2D eigenvalue weighted by Crippen LogP contribution is 2.23. The Morgan fingerprint density at radius 1 is 1.33 bits per heavy atom. The van der Waals surface area contributed by atoms with Gasteiger partial charge in [-0.3, -0.25) is 4.79 Å². The molecule has 0 aliphatic heterocycles. The number of rotatable bonds is 5. The van der Waals surface area contributed by atoms with Crippen LogP contribution in [0.25, 0.3) is 0 Å². The highest BCUT2D eigenvalue weighted by atomic mass is 16.5. The van der Waals surface area contributed by atoms with Crippen LogP contribution in [0.5, 0.6) is 11.5 Å². The second kappa shape index (κ2) is 6.26. The van der Waals surface area contributed by atoms with Crippen LogP contribution in [-0.4, -0.2) is 38.1 Å². The lowest BCUT2D eigenvalue weighted by Crippen LogP contribution is -2.35. The van der Waals surface area contributed by atoms with E-state index in [9.17, 15) is 4.79 Å². The van der Waals surface area contributed by atoms with Gasteiger partial charge in [0.25, 0.3) is 5.91 Å². The highest BCUT2D eigenvalue weighted by Gasteiger charge is 2.17. The molecule has 0 aromatic heterocycles. The summed E-state index contributed by atoms with van der Waals surface area (Å²) in [6, 6.07) is 5.38. The van der Waals surface area contributed by atoms with E-state index in [1.165, 1.54) is 4.90 Å². The van der Waals surface area contributed by atoms with E-state index in [0.29, 0.717) is 18.0 Å². The summed E-state index contributed by atoms with van der Waals surface area (Å²) in [6.07, 6.45) is -0.544. The summed E-state index contributed by atoms with van der Waals surface area (Å²) in [5.41, 5.74) is 6.49. The second-order valence-corrected chi connectivity index (χ2v) is 4.21.